The Morgan fingerprint density at radius 2 is 1.76 bits per heavy atom. The van der Waals surface area contributed by atoms with E-state index in [0.29, 0.717) is 18.1 Å². The zero-order chi connectivity index (χ0) is 12.5. The monoisotopic (exact) mass is 241 g/mol. The van der Waals surface area contributed by atoms with Gasteiger partial charge in [0, 0.05) is 18.6 Å². The van der Waals surface area contributed by atoms with E-state index in [1.54, 1.807) is 0 Å². The van der Waals surface area contributed by atoms with Crippen molar-refractivity contribution < 1.29 is 4.74 Å². The van der Waals surface area contributed by atoms with Crippen LogP contribution in [0.15, 0.2) is 0 Å². The van der Waals surface area contributed by atoms with Crippen LogP contribution in [0.1, 0.15) is 71.6 Å². The van der Waals surface area contributed by atoms with E-state index < -0.39 is 0 Å². The van der Waals surface area contributed by atoms with Gasteiger partial charge in [-0.1, -0.05) is 51.9 Å². The first-order chi connectivity index (χ1) is 8.25. The van der Waals surface area contributed by atoms with Crippen molar-refractivity contribution in [3.8, 4) is 0 Å². The molecule has 1 aliphatic rings. The zero-order valence-electron chi connectivity index (χ0n) is 11.8. The lowest BCUT2D eigenvalue weighted by Gasteiger charge is -2.21. The van der Waals surface area contributed by atoms with E-state index in [-0.39, 0.29) is 0 Å². The highest BCUT2D eigenvalue weighted by molar-refractivity contribution is 4.81. The number of hydrogen-bond acceptors (Lipinski definition) is 2. The van der Waals surface area contributed by atoms with Gasteiger partial charge in [-0.3, -0.25) is 0 Å². The maximum Gasteiger partial charge on any atom is 0.0590 e. The molecule has 1 heterocycles. The van der Waals surface area contributed by atoms with Crippen LogP contribution >= 0.6 is 0 Å². The predicted molar refractivity (Wildman–Crippen MR) is 74.1 cm³/mol. The summed E-state index contributed by atoms with van der Waals surface area (Å²) in [4.78, 5) is 0. The molecule has 0 aromatic rings. The third kappa shape index (κ3) is 5.87. The fourth-order valence-corrected chi connectivity index (χ4v) is 2.86. The van der Waals surface area contributed by atoms with Crippen molar-refractivity contribution >= 4 is 0 Å². The molecule has 0 bridgehead atoms. The van der Waals surface area contributed by atoms with Gasteiger partial charge < -0.3 is 10.5 Å². The summed E-state index contributed by atoms with van der Waals surface area (Å²) in [5, 5.41) is 0. The van der Waals surface area contributed by atoms with Crippen LogP contribution in [0.3, 0.4) is 0 Å². The summed E-state index contributed by atoms with van der Waals surface area (Å²) in [6.07, 6.45) is 12.3. The van der Waals surface area contributed by atoms with E-state index in [1.807, 2.05) is 0 Å². The van der Waals surface area contributed by atoms with Crippen LogP contribution in [-0.2, 0) is 4.74 Å². The van der Waals surface area contributed by atoms with Crippen LogP contribution < -0.4 is 5.73 Å². The maximum atomic E-state index is 6.25. The van der Waals surface area contributed by atoms with Gasteiger partial charge in [-0.05, 0) is 19.8 Å². The van der Waals surface area contributed by atoms with Crippen molar-refractivity contribution in [2.45, 2.75) is 83.8 Å². The second-order valence-corrected chi connectivity index (χ2v) is 5.60. The maximum absolute atomic E-state index is 6.25. The number of rotatable bonds is 9. The van der Waals surface area contributed by atoms with Crippen molar-refractivity contribution in [1.82, 2.24) is 0 Å². The molecule has 1 fully saturated rings. The first-order valence-electron chi connectivity index (χ1n) is 7.63. The molecular formula is C15H31NO. The van der Waals surface area contributed by atoms with Gasteiger partial charge >= 0.3 is 0 Å². The molecule has 1 saturated heterocycles. The molecule has 2 heteroatoms. The molecule has 0 aliphatic carbocycles. The minimum Gasteiger partial charge on any atom is -0.378 e. The predicted octanol–water partition coefficient (Wildman–Crippen LogP) is 3.88. The first kappa shape index (κ1) is 15.0. The number of ether oxygens (including phenoxy) is 1. The smallest absolute Gasteiger partial charge is 0.0590 e. The van der Waals surface area contributed by atoms with E-state index in [4.69, 9.17) is 10.5 Å². The number of hydrogen-bond donors (Lipinski definition) is 1. The summed E-state index contributed by atoms with van der Waals surface area (Å²) < 4.78 is 5.58. The Morgan fingerprint density at radius 1 is 1.12 bits per heavy atom. The summed E-state index contributed by atoms with van der Waals surface area (Å²) >= 11 is 0. The molecule has 2 N–H and O–H groups in total. The van der Waals surface area contributed by atoms with E-state index in [9.17, 15) is 0 Å². The number of nitrogens with two attached hydrogens (primary N) is 1. The molecule has 102 valence electrons. The Bertz CT molecular complexity index is 184. The molecule has 1 aliphatic heterocycles. The fraction of sp³-hybridized carbons (Fsp3) is 1.00. The minimum atomic E-state index is 0.364. The van der Waals surface area contributed by atoms with Gasteiger partial charge in [0.05, 0.1) is 6.10 Å². The van der Waals surface area contributed by atoms with Gasteiger partial charge in [0.25, 0.3) is 0 Å². The normalized spacial score (nSPS) is 26.3. The molecule has 0 aromatic carbocycles. The topological polar surface area (TPSA) is 35.2 Å². The van der Waals surface area contributed by atoms with Crippen LogP contribution in [0, 0.1) is 5.92 Å². The molecule has 0 saturated carbocycles. The Labute approximate surface area is 107 Å². The zero-order valence-corrected chi connectivity index (χ0v) is 11.8. The van der Waals surface area contributed by atoms with Gasteiger partial charge in [-0.25, -0.2) is 0 Å². The highest BCUT2D eigenvalue weighted by atomic mass is 16.5. The molecule has 3 unspecified atom stereocenters. The van der Waals surface area contributed by atoms with Crippen LogP contribution in [0.5, 0.6) is 0 Å². The average molecular weight is 241 g/mol. The first-order valence-corrected chi connectivity index (χ1v) is 7.63. The Morgan fingerprint density at radius 3 is 2.35 bits per heavy atom. The highest BCUT2D eigenvalue weighted by Crippen LogP contribution is 2.25. The fourth-order valence-electron chi connectivity index (χ4n) is 2.86. The molecule has 17 heavy (non-hydrogen) atoms. The summed E-state index contributed by atoms with van der Waals surface area (Å²) in [6, 6.07) is 0.364. The Balaban J connectivity index is 1.95. The lowest BCUT2D eigenvalue weighted by Crippen LogP contribution is -2.34. The highest BCUT2D eigenvalue weighted by Gasteiger charge is 2.28. The molecule has 0 spiro atoms. The van der Waals surface area contributed by atoms with Crippen molar-refractivity contribution in [3.63, 3.8) is 0 Å². The number of unbranched alkanes of at least 4 members (excludes halogenated alkanes) is 6. The largest absolute Gasteiger partial charge is 0.378 e. The van der Waals surface area contributed by atoms with E-state index >= 15 is 0 Å². The lowest BCUT2D eigenvalue weighted by molar-refractivity contribution is 0.0984. The molecule has 2 nitrogen and oxygen atoms in total. The molecular weight excluding hydrogens is 210 g/mol. The molecule has 0 amide bonds. The van der Waals surface area contributed by atoms with Crippen molar-refractivity contribution in [2.75, 3.05) is 6.61 Å². The Hall–Kier alpha value is -0.0800. The van der Waals surface area contributed by atoms with Gasteiger partial charge in [-0.2, -0.15) is 0 Å². The van der Waals surface area contributed by atoms with Gasteiger partial charge in [0.2, 0.25) is 0 Å². The van der Waals surface area contributed by atoms with E-state index in [0.717, 1.165) is 6.61 Å². The third-order valence-corrected chi connectivity index (χ3v) is 4.13. The lowest BCUT2D eigenvalue weighted by atomic mass is 9.90. The second-order valence-electron chi connectivity index (χ2n) is 5.60. The molecule has 1 rings (SSSR count). The Kier molecular flexibility index (Phi) is 7.87. The van der Waals surface area contributed by atoms with Crippen LogP contribution in [0.2, 0.25) is 0 Å². The van der Waals surface area contributed by atoms with E-state index in [2.05, 4.69) is 13.8 Å². The molecule has 0 radical (unpaired) electrons. The molecule has 0 aromatic heterocycles. The quantitative estimate of drug-likeness (QED) is 0.622. The van der Waals surface area contributed by atoms with Crippen molar-refractivity contribution in [3.05, 3.63) is 0 Å². The standard InChI is InChI=1S/C15H31NO/c1-3-4-5-6-7-8-9-10-15(16)14-11-12-17-13(14)2/h13-15H,3-12,16H2,1-2H3. The van der Waals surface area contributed by atoms with Gasteiger partial charge in [0.1, 0.15) is 0 Å². The van der Waals surface area contributed by atoms with Crippen LogP contribution in [-0.4, -0.2) is 18.8 Å². The SMILES string of the molecule is CCCCCCCCCC(N)C1CCOC1C. The van der Waals surface area contributed by atoms with Gasteiger partial charge in [-0.15, -0.1) is 0 Å². The average Bonchev–Trinajstić information content (AvgIpc) is 2.74. The van der Waals surface area contributed by atoms with Crippen molar-refractivity contribution in [2.24, 2.45) is 11.7 Å². The second kappa shape index (κ2) is 8.93. The third-order valence-electron chi connectivity index (χ3n) is 4.13. The van der Waals surface area contributed by atoms with Gasteiger partial charge in [0.15, 0.2) is 0 Å². The van der Waals surface area contributed by atoms with E-state index in [1.165, 1.54) is 57.8 Å². The molecule has 3 atom stereocenters. The van der Waals surface area contributed by atoms with Crippen LogP contribution in [0.25, 0.3) is 0 Å². The summed E-state index contributed by atoms with van der Waals surface area (Å²) in [6.45, 7) is 5.35. The minimum absolute atomic E-state index is 0.364. The van der Waals surface area contributed by atoms with Crippen LogP contribution in [0.4, 0.5) is 0 Å². The summed E-state index contributed by atoms with van der Waals surface area (Å²) in [5.74, 6) is 0.607. The summed E-state index contributed by atoms with van der Waals surface area (Å²) in [7, 11) is 0. The summed E-state index contributed by atoms with van der Waals surface area (Å²) in [5.41, 5.74) is 6.25. The van der Waals surface area contributed by atoms with Crippen molar-refractivity contribution in [1.29, 1.82) is 0 Å².